The van der Waals surface area contributed by atoms with E-state index in [1.807, 2.05) is 37.4 Å². The summed E-state index contributed by atoms with van der Waals surface area (Å²) >= 11 is 0. The zero-order valence-corrected chi connectivity index (χ0v) is 15.6. The number of benzene rings is 2. The fourth-order valence-corrected chi connectivity index (χ4v) is 3.18. The third kappa shape index (κ3) is 3.59. The van der Waals surface area contributed by atoms with Crippen LogP contribution in [-0.2, 0) is 6.54 Å². The van der Waals surface area contributed by atoms with E-state index >= 15 is 0 Å². The minimum absolute atomic E-state index is 0.0266. The molecular weight excluding hydrogens is 376 g/mol. The molecule has 29 heavy (non-hydrogen) atoms. The van der Waals surface area contributed by atoms with Gasteiger partial charge in [-0.2, -0.15) is 5.53 Å². The van der Waals surface area contributed by atoms with E-state index in [4.69, 9.17) is 5.73 Å². The Hall–Kier alpha value is -3.59. The van der Waals surface area contributed by atoms with Gasteiger partial charge in [0.2, 0.25) is 0 Å². The molecule has 4 rings (SSSR count). The average molecular weight is 395 g/mol. The molecule has 1 aliphatic rings. The fraction of sp³-hybridized carbons (Fsp3) is 0.150. The van der Waals surface area contributed by atoms with Crippen molar-refractivity contribution in [3.8, 4) is 11.1 Å². The van der Waals surface area contributed by atoms with E-state index < -0.39 is 17.8 Å². The first-order valence-electron chi connectivity index (χ1n) is 8.96. The Morgan fingerprint density at radius 2 is 1.93 bits per heavy atom. The summed E-state index contributed by atoms with van der Waals surface area (Å²) in [7, 11) is 1.89. The monoisotopic (exact) mass is 395 g/mol. The van der Waals surface area contributed by atoms with Crippen LogP contribution in [0, 0.1) is 11.6 Å². The van der Waals surface area contributed by atoms with Crippen molar-refractivity contribution >= 4 is 11.5 Å². The normalized spacial score (nSPS) is 15.6. The van der Waals surface area contributed by atoms with Gasteiger partial charge in [0.15, 0.2) is 17.8 Å². The quantitative estimate of drug-likeness (QED) is 0.613. The second-order valence-electron chi connectivity index (χ2n) is 6.56. The molecule has 1 unspecified atom stereocenters. The molecule has 0 radical (unpaired) electrons. The number of pyridine rings is 1. The molecule has 0 saturated carbocycles. The minimum atomic E-state index is -1.000. The van der Waals surface area contributed by atoms with Crippen LogP contribution in [0.3, 0.4) is 0 Å². The summed E-state index contributed by atoms with van der Waals surface area (Å²) in [5.74, 6) is -1.73. The van der Waals surface area contributed by atoms with E-state index in [0.717, 1.165) is 29.3 Å². The van der Waals surface area contributed by atoms with E-state index in [1.54, 1.807) is 6.20 Å². The number of hydrogen-bond donors (Lipinski definition) is 3. The Morgan fingerprint density at radius 1 is 1.14 bits per heavy atom. The predicted molar refractivity (Wildman–Crippen MR) is 106 cm³/mol. The molecule has 148 valence electrons. The molecule has 2 heterocycles. The summed E-state index contributed by atoms with van der Waals surface area (Å²) < 4.78 is 28.0. The lowest BCUT2D eigenvalue weighted by molar-refractivity contribution is 0.499. The van der Waals surface area contributed by atoms with E-state index in [-0.39, 0.29) is 11.5 Å². The highest BCUT2D eigenvalue weighted by molar-refractivity contribution is 5.66. The number of nitrogen functional groups attached to an aromatic ring is 1. The largest absolute Gasteiger partial charge is 0.383 e. The van der Waals surface area contributed by atoms with Crippen LogP contribution in [0.5, 0.6) is 0 Å². The smallest absolute Gasteiger partial charge is 0.193 e. The van der Waals surface area contributed by atoms with Crippen molar-refractivity contribution in [2.45, 2.75) is 12.7 Å². The highest BCUT2D eigenvalue weighted by atomic mass is 19.2. The summed E-state index contributed by atoms with van der Waals surface area (Å²) in [4.78, 5) is 4.27. The van der Waals surface area contributed by atoms with Crippen molar-refractivity contribution in [1.82, 2.24) is 15.8 Å². The topological polar surface area (TPSA) is 90.9 Å². The third-order valence-corrected chi connectivity index (χ3v) is 4.65. The first-order chi connectivity index (χ1) is 14.1. The van der Waals surface area contributed by atoms with Gasteiger partial charge in [-0.3, -0.25) is 0 Å². The van der Waals surface area contributed by atoms with Crippen LogP contribution >= 0.6 is 0 Å². The molecular formula is C20H19F2N7. The van der Waals surface area contributed by atoms with Gasteiger partial charge in [-0.25, -0.2) is 18.8 Å². The van der Waals surface area contributed by atoms with Crippen molar-refractivity contribution in [3.05, 3.63) is 77.5 Å². The van der Waals surface area contributed by atoms with Gasteiger partial charge in [0.1, 0.15) is 11.5 Å². The molecule has 4 N–H and O–H groups in total. The first-order valence-corrected chi connectivity index (χ1v) is 8.96. The van der Waals surface area contributed by atoms with E-state index in [1.165, 1.54) is 17.1 Å². The first kappa shape index (κ1) is 18.8. The van der Waals surface area contributed by atoms with Crippen LogP contribution in [0.4, 0.5) is 20.3 Å². The van der Waals surface area contributed by atoms with Crippen LogP contribution in [0.15, 0.2) is 65.1 Å². The molecule has 3 aromatic rings. The van der Waals surface area contributed by atoms with Crippen molar-refractivity contribution < 1.29 is 8.78 Å². The van der Waals surface area contributed by atoms with Gasteiger partial charge in [0.25, 0.3) is 0 Å². The number of hydrazine groups is 1. The number of halogens is 2. The molecule has 0 amide bonds. The molecule has 0 fully saturated rings. The van der Waals surface area contributed by atoms with Crippen molar-refractivity contribution in [2.24, 2.45) is 10.3 Å². The maximum Gasteiger partial charge on any atom is 0.193 e. The number of anilines is 2. The Balaban J connectivity index is 1.70. The molecule has 0 spiro atoms. The second kappa shape index (κ2) is 7.80. The average Bonchev–Trinajstić information content (AvgIpc) is 3.21. The molecule has 2 aromatic carbocycles. The summed E-state index contributed by atoms with van der Waals surface area (Å²) in [5, 5.41) is 12.3. The summed E-state index contributed by atoms with van der Waals surface area (Å²) in [6.45, 7) is 0.772. The van der Waals surface area contributed by atoms with Gasteiger partial charge in [-0.05, 0) is 36.4 Å². The van der Waals surface area contributed by atoms with Crippen LogP contribution in [0.2, 0.25) is 0 Å². The maximum absolute atomic E-state index is 14.3. The Morgan fingerprint density at radius 3 is 2.69 bits per heavy atom. The highest BCUT2D eigenvalue weighted by Crippen LogP contribution is 2.36. The number of nitrogens with zero attached hydrogens (tertiary/aromatic N) is 4. The van der Waals surface area contributed by atoms with Gasteiger partial charge in [-0.1, -0.05) is 35.6 Å². The molecule has 1 atom stereocenters. The number of nitrogens with two attached hydrogens (primary N) is 1. The molecule has 0 aliphatic carbocycles. The molecule has 0 bridgehead atoms. The molecule has 9 heteroatoms. The van der Waals surface area contributed by atoms with Crippen molar-refractivity contribution in [3.63, 3.8) is 0 Å². The van der Waals surface area contributed by atoms with Gasteiger partial charge in [0.05, 0.1) is 0 Å². The van der Waals surface area contributed by atoms with E-state index in [2.05, 4.69) is 26.2 Å². The van der Waals surface area contributed by atoms with Crippen molar-refractivity contribution in [2.75, 3.05) is 17.8 Å². The van der Waals surface area contributed by atoms with Gasteiger partial charge >= 0.3 is 0 Å². The Labute approximate surface area is 166 Å². The minimum Gasteiger partial charge on any atom is -0.383 e. The van der Waals surface area contributed by atoms with E-state index in [9.17, 15) is 8.78 Å². The highest BCUT2D eigenvalue weighted by Gasteiger charge is 2.30. The van der Waals surface area contributed by atoms with Gasteiger partial charge in [-0.15, -0.1) is 5.11 Å². The third-order valence-electron chi connectivity index (χ3n) is 4.65. The molecule has 1 aromatic heterocycles. The molecule has 7 nitrogen and oxygen atoms in total. The Kier molecular flexibility index (Phi) is 5.05. The Bertz CT molecular complexity index is 1050. The lowest BCUT2D eigenvalue weighted by Gasteiger charge is -2.24. The van der Waals surface area contributed by atoms with Crippen molar-refractivity contribution in [1.29, 1.82) is 0 Å². The maximum atomic E-state index is 14.3. The van der Waals surface area contributed by atoms with Crippen LogP contribution < -0.4 is 21.6 Å². The lowest BCUT2D eigenvalue weighted by atomic mass is 10.0. The second-order valence-corrected chi connectivity index (χ2v) is 6.56. The molecule has 0 saturated heterocycles. The number of hydrogen-bond acceptors (Lipinski definition) is 7. The summed E-state index contributed by atoms with van der Waals surface area (Å²) in [5.41, 5.74) is 12.1. The van der Waals surface area contributed by atoms with Crippen LogP contribution in [-0.4, -0.2) is 12.0 Å². The van der Waals surface area contributed by atoms with Crippen LogP contribution in [0.1, 0.15) is 17.3 Å². The number of nitrogens with one attached hydrogen (secondary N) is 2. The summed E-state index contributed by atoms with van der Waals surface area (Å²) in [6.07, 6.45) is 0.876. The van der Waals surface area contributed by atoms with Crippen LogP contribution in [0.25, 0.3) is 11.1 Å². The SMILES string of the molecule is CNCc1ccc(-c2cnc(N)c(C3N=NNN3c3cccc(F)c3F)c2)cc1. The molecule has 1 aliphatic heterocycles. The van der Waals surface area contributed by atoms with Gasteiger partial charge < -0.3 is 11.1 Å². The predicted octanol–water partition coefficient (Wildman–Crippen LogP) is 3.72. The number of aromatic nitrogens is 1. The standard InChI is InChI=1S/C20H19F2N7/c1-24-10-12-5-7-13(8-6-12)14-9-15(19(23)25-11-14)20-26-27-28-29(20)17-4-2-3-16(21)18(17)22/h2-9,11,20,24H,10H2,1H3,(H2,23,25)(H,26,28). The zero-order valence-electron chi connectivity index (χ0n) is 15.6. The fourth-order valence-electron chi connectivity index (χ4n) is 3.18. The summed E-state index contributed by atoms with van der Waals surface area (Å²) in [6, 6.07) is 13.7. The zero-order chi connectivity index (χ0) is 20.4. The van der Waals surface area contributed by atoms with E-state index in [0.29, 0.717) is 5.56 Å². The van der Waals surface area contributed by atoms with Gasteiger partial charge in [0, 0.05) is 23.9 Å². The number of rotatable bonds is 5. The lowest BCUT2D eigenvalue weighted by Crippen LogP contribution is -2.33.